The van der Waals surface area contributed by atoms with Gasteiger partial charge in [-0.1, -0.05) is 54.6 Å². The van der Waals surface area contributed by atoms with Crippen LogP contribution in [0.25, 0.3) is 11.1 Å². The average Bonchev–Trinajstić information content (AvgIpc) is 3.19. The average molecular weight is 453 g/mol. The smallest absolute Gasteiger partial charge is 0.273 e. The Kier molecular flexibility index (Phi) is 6.17. The van der Waals surface area contributed by atoms with E-state index in [1.807, 2.05) is 41.1 Å². The van der Waals surface area contributed by atoms with Crippen LogP contribution in [-0.2, 0) is 22.9 Å². The third-order valence-electron chi connectivity index (χ3n) is 5.77. The van der Waals surface area contributed by atoms with Gasteiger partial charge in [0.25, 0.3) is 5.91 Å². The Morgan fingerprint density at radius 3 is 2.50 bits per heavy atom. The Labute approximate surface area is 189 Å². The number of sulfonamides is 1. The Morgan fingerprint density at radius 2 is 1.81 bits per heavy atom. The second-order valence-corrected chi connectivity index (χ2v) is 10.3. The van der Waals surface area contributed by atoms with Gasteiger partial charge in [0.15, 0.2) is 5.69 Å². The highest BCUT2D eigenvalue weighted by molar-refractivity contribution is 7.88. The van der Waals surface area contributed by atoms with Gasteiger partial charge in [-0.05, 0) is 42.0 Å². The molecule has 0 fully saturated rings. The molecule has 0 saturated heterocycles. The molecule has 2 aromatic carbocycles. The Morgan fingerprint density at radius 1 is 1.09 bits per heavy atom. The van der Waals surface area contributed by atoms with E-state index >= 15 is 0 Å². The molecule has 0 aliphatic carbocycles. The fourth-order valence-electron chi connectivity index (χ4n) is 4.30. The van der Waals surface area contributed by atoms with E-state index in [2.05, 4.69) is 34.1 Å². The molecule has 7 nitrogen and oxygen atoms in total. The summed E-state index contributed by atoms with van der Waals surface area (Å²) in [4.78, 5) is 14.0. The van der Waals surface area contributed by atoms with Gasteiger partial charge in [-0.3, -0.25) is 9.48 Å². The van der Waals surface area contributed by atoms with Gasteiger partial charge in [0.2, 0.25) is 10.0 Å². The van der Waals surface area contributed by atoms with Crippen molar-refractivity contribution in [2.24, 2.45) is 0 Å². The minimum Gasteiger partial charge on any atom is -0.343 e. The number of carbonyl (C=O) groups is 1. The van der Waals surface area contributed by atoms with Crippen LogP contribution in [0.15, 0.2) is 60.7 Å². The lowest BCUT2D eigenvalue weighted by atomic mass is 9.91. The number of rotatable bonds is 6. The maximum atomic E-state index is 12.5. The van der Waals surface area contributed by atoms with E-state index in [4.69, 9.17) is 0 Å². The molecular weight excluding hydrogens is 424 g/mol. The van der Waals surface area contributed by atoms with Crippen LogP contribution in [0.2, 0.25) is 0 Å². The largest absolute Gasteiger partial charge is 0.343 e. The molecule has 1 amide bonds. The van der Waals surface area contributed by atoms with Crippen molar-refractivity contribution in [3.8, 4) is 11.1 Å². The van der Waals surface area contributed by atoms with Crippen molar-refractivity contribution >= 4 is 15.9 Å². The maximum absolute atomic E-state index is 12.5. The fourth-order valence-corrected chi connectivity index (χ4v) is 5.12. The lowest BCUT2D eigenvalue weighted by molar-refractivity contribution is 0.0820. The summed E-state index contributed by atoms with van der Waals surface area (Å²) >= 11 is 0. The topological polar surface area (TPSA) is 84.3 Å². The highest BCUT2D eigenvalue weighted by Gasteiger charge is 2.33. The van der Waals surface area contributed by atoms with Gasteiger partial charge in [0.1, 0.15) is 0 Å². The molecule has 0 radical (unpaired) electrons. The molecule has 2 atom stereocenters. The number of fused-ring (bicyclic) bond motifs is 1. The van der Waals surface area contributed by atoms with E-state index in [0.29, 0.717) is 25.0 Å². The predicted molar refractivity (Wildman–Crippen MR) is 125 cm³/mol. The molecule has 1 aromatic heterocycles. The molecule has 4 rings (SSSR count). The van der Waals surface area contributed by atoms with Gasteiger partial charge in [-0.15, -0.1) is 0 Å². The van der Waals surface area contributed by atoms with Gasteiger partial charge >= 0.3 is 0 Å². The summed E-state index contributed by atoms with van der Waals surface area (Å²) in [6.07, 6.45) is 3.08. The van der Waals surface area contributed by atoms with Crippen molar-refractivity contribution in [3.63, 3.8) is 0 Å². The summed E-state index contributed by atoms with van der Waals surface area (Å²) in [5.74, 6) is -0.163. The normalized spacial score (nSPS) is 18.2. The van der Waals surface area contributed by atoms with E-state index in [1.54, 1.807) is 14.1 Å². The minimum atomic E-state index is -3.39. The van der Waals surface area contributed by atoms with Crippen molar-refractivity contribution in [2.75, 3.05) is 20.4 Å². The summed E-state index contributed by atoms with van der Waals surface area (Å²) in [5.41, 5.74) is 4.65. The number of amides is 1. The third-order valence-corrected chi connectivity index (χ3v) is 6.50. The molecule has 0 bridgehead atoms. The lowest BCUT2D eigenvalue weighted by Crippen LogP contribution is -2.45. The van der Waals surface area contributed by atoms with Crippen molar-refractivity contribution in [3.05, 3.63) is 77.6 Å². The number of hydrogen-bond acceptors (Lipinski definition) is 4. The fraction of sp³-hybridized carbons (Fsp3) is 0.333. The number of benzene rings is 2. The second-order valence-electron chi connectivity index (χ2n) is 8.54. The van der Waals surface area contributed by atoms with Crippen LogP contribution in [0.3, 0.4) is 0 Å². The summed E-state index contributed by atoms with van der Waals surface area (Å²) in [6.45, 7) is 0. The van der Waals surface area contributed by atoms with Crippen LogP contribution >= 0.6 is 0 Å². The minimum absolute atomic E-state index is 0.163. The van der Waals surface area contributed by atoms with Crippen molar-refractivity contribution in [1.29, 1.82) is 0 Å². The van der Waals surface area contributed by atoms with Gasteiger partial charge in [0, 0.05) is 25.8 Å². The molecule has 1 N–H and O–H groups in total. The Bertz CT molecular complexity index is 1220. The zero-order valence-corrected chi connectivity index (χ0v) is 19.3. The van der Waals surface area contributed by atoms with Crippen LogP contribution in [-0.4, -0.2) is 55.4 Å². The first-order valence-corrected chi connectivity index (χ1v) is 12.5. The summed E-state index contributed by atoms with van der Waals surface area (Å²) in [5, 5.41) is 4.60. The van der Waals surface area contributed by atoms with Crippen molar-refractivity contribution in [2.45, 2.75) is 31.3 Å². The molecule has 8 heteroatoms. The van der Waals surface area contributed by atoms with E-state index in [9.17, 15) is 13.2 Å². The molecule has 0 saturated carbocycles. The zero-order valence-electron chi connectivity index (χ0n) is 18.5. The standard InChI is InChI=1S/C24H28N4O3S/c1-27(2)24(29)22-16-20-12-13-21(26-32(3,30)31)23(28(20)25-22)15-17-8-7-11-19(14-17)18-9-5-4-6-10-18/h4-11,14,16,21,23,26H,12-13,15H2,1-3H3. The van der Waals surface area contributed by atoms with Crippen molar-refractivity contribution < 1.29 is 13.2 Å². The number of aromatic nitrogens is 2. The van der Waals surface area contributed by atoms with Crippen LogP contribution in [0.4, 0.5) is 0 Å². The van der Waals surface area contributed by atoms with E-state index in [-0.39, 0.29) is 18.0 Å². The molecule has 3 aromatic rings. The van der Waals surface area contributed by atoms with Gasteiger partial charge in [-0.25, -0.2) is 13.1 Å². The van der Waals surface area contributed by atoms with Crippen LogP contribution in [0.5, 0.6) is 0 Å². The summed E-state index contributed by atoms with van der Waals surface area (Å²) in [7, 11) is -0.000508. The highest BCUT2D eigenvalue weighted by atomic mass is 32.2. The van der Waals surface area contributed by atoms with E-state index in [1.165, 1.54) is 11.2 Å². The van der Waals surface area contributed by atoms with Gasteiger partial charge < -0.3 is 4.90 Å². The van der Waals surface area contributed by atoms with Crippen molar-refractivity contribution in [1.82, 2.24) is 19.4 Å². The molecular formula is C24H28N4O3S. The van der Waals surface area contributed by atoms with Crippen LogP contribution in [0, 0.1) is 0 Å². The summed E-state index contributed by atoms with van der Waals surface area (Å²) < 4.78 is 28.7. The zero-order chi connectivity index (χ0) is 22.9. The molecule has 1 aliphatic rings. The molecule has 32 heavy (non-hydrogen) atoms. The SMILES string of the molecule is CN(C)C(=O)c1cc2n(n1)C(Cc1cccc(-c3ccccc3)c1)C(NS(C)(=O)=O)CC2. The van der Waals surface area contributed by atoms with E-state index in [0.717, 1.165) is 22.4 Å². The monoisotopic (exact) mass is 452 g/mol. The van der Waals surface area contributed by atoms with Crippen LogP contribution < -0.4 is 4.72 Å². The first-order valence-electron chi connectivity index (χ1n) is 10.6. The maximum Gasteiger partial charge on any atom is 0.273 e. The molecule has 2 heterocycles. The summed E-state index contributed by atoms with van der Waals surface area (Å²) in [6, 6.07) is 19.7. The van der Waals surface area contributed by atoms with Crippen LogP contribution in [0.1, 0.15) is 34.2 Å². The van der Waals surface area contributed by atoms with Gasteiger partial charge in [0.05, 0.1) is 12.3 Å². The molecule has 1 aliphatic heterocycles. The first kappa shape index (κ1) is 22.2. The number of carbonyl (C=O) groups excluding carboxylic acids is 1. The third kappa shape index (κ3) is 4.92. The molecule has 168 valence electrons. The molecule has 0 spiro atoms. The number of aryl methyl sites for hydroxylation is 1. The van der Waals surface area contributed by atoms with E-state index < -0.39 is 10.0 Å². The number of nitrogens with one attached hydrogen (secondary N) is 1. The lowest BCUT2D eigenvalue weighted by Gasteiger charge is -2.33. The Hall–Kier alpha value is -2.97. The Balaban J connectivity index is 1.70. The van der Waals surface area contributed by atoms with Gasteiger partial charge in [-0.2, -0.15) is 5.10 Å². The first-order chi connectivity index (χ1) is 15.2. The predicted octanol–water partition coefficient (Wildman–Crippen LogP) is 2.90. The quantitative estimate of drug-likeness (QED) is 0.623. The number of hydrogen-bond donors (Lipinski definition) is 1. The second kappa shape index (κ2) is 8.88. The highest BCUT2D eigenvalue weighted by Crippen LogP contribution is 2.30. The number of nitrogens with zero attached hydrogens (tertiary/aromatic N) is 3. The molecule has 2 unspecified atom stereocenters.